The van der Waals surface area contributed by atoms with E-state index in [0.29, 0.717) is 0 Å². The minimum Gasteiger partial charge on any atom is -0.481 e. The summed E-state index contributed by atoms with van der Waals surface area (Å²) >= 11 is 5.28. The van der Waals surface area contributed by atoms with Gasteiger partial charge in [-0.05, 0) is 12.1 Å². The Morgan fingerprint density at radius 2 is 1.92 bits per heavy atom. The number of para-hydroxylation sites is 1. The molecule has 0 aliphatic carbocycles. The molecule has 0 unspecified atom stereocenters. The Balaban J connectivity index is 0.000000252. The number of carbonyl (C=O) groups is 1. The summed E-state index contributed by atoms with van der Waals surface area (Å²) in [4.78, 5) is 11.9. The quantitative estimate of drug-likeness (QED) is 0.724. The molecule has 4 heteroatoms. The molecule has 0 atom stereocenters. The van der Waals surface area contributed by atoms with E-state index in [2.05, 4.69) is 4.84 Å². The number of halogens is 1. The van der Waals surface area contributed by atoms with Crippen molar-refractivity contribution in [2.24, 2.45) is 0 Å². The molecule has 72 valence electrons. The molecule has 0 bridgehead atoms. The lowest BCUT2D eigenvalue weighted by atomic mass is 10.3. The van der Waals surface area contributed by atoms with Crippen molar-refractivity contribution in [1.82, 2.24) is 0 Å². The predicted molar refractivity (Wildman–Crippen MR) is 53.8 cm³/mol. The van der Waals surface area contributed by atoms with Crippen LogP contribution < -0.4 is 4.84 Å². The summed E-state index contributed by atoms with van der Waals surface area (Å²) in [7, 11) is 0. The highest BCUT2D eigenvalue weighted by Crippen LogP contribution is 2.04. The number of carboxylic acids is 1. The van der Waals surface area contributed by atoms with Gasteiger partial charge in [0.05, 0.1) is 0 Å². The fourth-order valence-corrected chi connectivity index (χ4v) is 0.627. The third kappa shape index (κ3) is 7.15. The van der Waals surface area contributed by atoms with E-state index in [-0.39, 0.29) is 6.42 Å². The maximum Gasteiger partial charge on any atom is 0.303 e. The summed E-state index contributed by atoms with van der Waals surface area (Å²) in [5, 5.41) is 7.72. The van der Waals surface area contributed by atoms with Crippen molar-refractivity contribution in [3.8, 4) is 0 Å². The predicted octanol–water partition coefficient (Wildman–Crippen LogP) is 2.73. The van der Waals surface area contributed by atoms with E-state index in [1.807, 2.05) is 30.3 Å². The first-order valence-corrected chi connectivity index (χ1v) is 4.22. The SMILES string of the molecule is CCC(=O)O.ClNc1ccccc1. The van der Waals surface area contributed by atoms with Gasteiger partial charge in [-0.1, -0.05) is 25.1 Å². The Hall–Kier alpha value is -1.22. The largest absolute Gasteiger partial charge is 0.481 e. The number of hydrogen-bond acceptors (Lipinski definition) is 2. The van der Waals surface area contributed by atoms with Crippen molar-refractivity contribution in [3.63, 3.8) is 0 Å². The summed E-state index contributed by atoms with van der Waals surface area (Å²) in [6.07, 6.45) is 0.222. The number of nitrogens with one attached hydrogen (secondary N) is 1. The molecule has 1 aromatic rings. The van der Waals surface area contributed by atoms with E-state index in [1.54, 1.807) is 6.92 Å². The van der Waals surface area contributed by atoms with Crippen molar-refractivity contribution < 1.29 is 9.90 Å². The van der Waals surface area contributed by atoms with Crippen LogP contribution in [-0.2, 0) is 4.79 Å². The van der Waals surface area contributed by atoms with Crippen LogP contribution in [0.2, 0.25) is 0 Å². The van der Waals surface area contributed by atoms with Crippen LogP contribution >= 0.6 is 11.8 Å². The summed E-state index contributed by atoms with van der Waals surface area (Å²) in [5.74, 6) is -0.745. The lowest BCUT2D eigenvalue weighted by Gasteiger charge is -1.91. The molecule has 1 aromatic carbocycles. The standard InChI is InChI=1S/C6H6ClN.C3H6O2/c7-8-6-4-2-1-3-5-6;1-2-3(4)5/h1-5,8H;2H2,1H3,(H,4,5). The number of aliphatic carboxylic acids is 1. The van der Waals surface area contributed by atoms with Crippen LogP contribution in [0, 0.1) is 0 Å². The van der Waals surface area contributed by atoms with Gasteiger partial charge >= 0.3 is 5.97 Å². The zero-order chi connectivity index (χ0) is 10.1. The number of anilines is 1. The van der Waals surface area contributed by atoms with Crippen molar-refractivity contribution >= 4 is 23.4 Å². The summed E-state index contributed by atoms with van der Waals surface area (Å²) in [5.41, 5.74) is 0.925. The second kappa shape index (κ2) is 7.43. The zero-order valence-electron chi connectivity index (χ0n) is 7.33. The Bertz CT molecular complexity index is 239. The molecule has 2 N–H and O–H groups in total. The number of benzene rings is 1. The first-order chi connectivity index (χ1) is 6.20. The highest BCUT2D eigenvalue weighted by Gasteiger charge is 1.81. The van der Waals surface area contributed by atoms with Crippen LogP contribution in [0.5, 0.6) is 0 Å². The molecule has 0 amide bonds. The molecule has 0 aliphatic rings. The molecule has 0 aliphatic heterocycles. The normalized spacial score (nSPS) is 8.15. The average Bonchev–Trinajstić information content (AvgIpc) is 2.20. The third-order valence-electron chi connectivity index (χ3n) is 1.19. The topological polar surface area (TPSA) is 49.3 Å². The van der Waals surface area contributed by atoms with Gasteiger partial charge in [0, 0.05) is 23.9 Å². The molecule has 0 fully saturated rings. The molecule has 13 heavy (non-hydrogen) atoms. The van der Waals surface area contributed by atoms with Gasteiger partial charge in [0.15, 0.2) is 0 Å². The van der Waals surface area contributed by atoms with Crippen molar-refractivity contribution in [1.29, 1.82) is 0 Å². The lowest BCUT2D eigenvalue weighted by Crippen LogP contribution is -1.86. The van der Waals surface area contributed by atoms with E-state index in [9.17, 15) is 4.79 Å². The average molecular weight is 202 g/mol. The Morgan fingerprint density at radius 3 is 2.15 bits per heavy atom. The summed E-state index contributed by atoms with van der Waals surface area (Å²) in [6, 6.07) is 9.58. The highest BCUT2D eigenvalue weighted by molar-refractivity contribution is 6.23. The number of rotatable bonds is 2. The van der Waals surface area contributed by atoms with Gasteiger partial charge in [-0.3, -0.25) is 9.63 Å². The molecular weight excluding hydrogens is 190 g/mol. The van der Waals surface area contributed by atoms with Crippen molar-refractivity contribution in [2.75, 3.05) is 4.84 Å². The fraction of sp³-hybridized carbons (Fsp3) is 0.222. The van der Waals surface area contributed by atoms with Crippen LogP contribution in [0.3, 0.4) is 0 Å². The van der Waals surface area contributed by atoms with E-state index in [0.717, 1.165) is 5.69 Å². The summed E-state index contributed by atoms with van der Waals surface area (Å²) in [6.45, 7) is 1.60. The Morgan fingerprint density at radius 1 is 1.46 bits per heavy atom. The van der Waals surface area contributed by atoms with E-state index in [4.69, 9.17) is 16.9 Å². The van der Waals surface area contributed by atoms with Gasteiger partial charge in [0.2, 0.25) is 0 Å². The molecule has 0 saturated heterocycles. The minimum absolute atomic E-state index is 0.222. The van der Waals surface area contributed by atoms with Crippen LogP contribution in [0.1, 0.15) is 13.3 Å². The van der Waals surface area contributed by atoms with Gasteiger partial charge in [0.1, 0.15) is 0 Å². The smallest absolute Gasteiger partial charge is 0.303 e. The highest BCUT2D eigenvalue weighted by atomic mass is 35.5. The molecule has 0 radical (unpaired) electrons. The second-order valence-electron chi connectivity index (χ2n) is 2.21. The van der Waals surface area contributed by atoms with Gasteiger partial charge in [-0.15, -0.1) is 0 Å². The molecule has 0 spiro atoms. The lowest BCUT2D eigenvalue weighted by molar-refractivity contribution is -0.136. The zero-order valence-corrected chi connectivity index (χ0v) is 8.08. The maximum atomic E-state index is 9.37. The number of hydrogen-bond donors (Lipinski definition) is 2. The minimum atomic E-state index is -0.745. The molecule has 0 aromatic heterocycles. The molecule has 0 heterocycles. The van der Waals surface area contributed by atoms with Gasteiger partial charge in [-0.25, -0.2) is 0 Å². The Labute approximate surface area is 82.5 Å². The maximum absolute atomic E-state index is 9.37. The first kappa shape index (κ1) is 11.8. The van der Waals surface area contributed by atoms with Crippen LogP contribution in [-0.4, -0.2) is 11.1 Å². The number of carboxylic acid groups (broad SMARTS) is 1. The van der Waals surface area contributed by atoms with Crippen LogP contribution in [0.25, 0.3) is 0 Å². The molecule has 0 saturated carbocycles. The van der Waals surface area contributed by atoms with Crippen LogP contribution in [0.15, 0.2) is 30.3 Å². The van der Waals surface area contributed by atoms with E-state index < -0.39 is 5.97 Å². The van der Waals surface area contributed by atoms with Gasteiger partial charge in [0.25, 0.3) is 0 Å². The van der Waals surface area contributed by atoms with Crippen LogP contribution in [0.4, 0.5) is 5.69 Å². The third-order valence-corrected chi connectivity index (χ3v) is 1.40. The fourth-order valence-electron chi connectivity index (χ4n) is 0.501. The monoisotopic (exact) mass is 201 g/mol. The van der Waals surface area contributed by atoms with Crippen molar-refractivity contribution in [3.05, 3.63) is 30.3 Å². The van der Waals surface area contributed by atoms with Gasteiger partial charge < -0.3 is 5.11 Å². The first-order valence-electron chi connectivity index (χ1n) is 3.84. The van der Waals surface area contributed by atoms with E-state index >= 15 is 0 Å². The Kier molecular flexibility index (Phi) is 6.73. The molecular formula is C9H12ClNO2. The van der Waals surface area contributed by atoms with Gasteiger partial charge in [-0.2, -0.15) is 0 Å². The van der Waals surface area contributed by atoms with Crippen molar-refractivity contribution in [2.45, 2.75) is 13.3 Å². The summed E-state index contributed by atoms with van der Waals surface area (Å²) < 4.78 is 0. The molecule has 3 nitrogen and oxygen atoms in total. The van der Waals surface area contributed by atoms with E-state index in [1.165, 1.54) is 0 Å². The molecule has 1 rings (SSSR count). The second-order valence-corrected chi connectivity index (χ2v) is 2.40.